The van der Waals surface area contributed by atoms with E-state index in [9.17, 15) is 9.59 Å². The normalized spacial score (nSPS) is 9.38. The van der Waals surface area contributed by atoms with Gasteiger partial charge in [-0.15, -0.1) is 12.3 Å². The number of unbranched alkanes of at least 4 members (excludes halogenated alkanes) is 2. The van der Waals surface area contributed by atoms with Crippen molar-refractivity contribution in [3.63, 3.8) is 0 Å². The van der Waals surface area contributed by atoms with E-state index in [4.69, 9.17) is 11.7 Å². The molecule has 0 atom stereocenters. The third-order valence-electron chi connectivity index (χ3n) is 2.10. The minimum absolute atomic E-state index is 0.0588. The van der Waals surface area contributed by atoms with Crippen LogP contribution in [0.5, 0.6) is 0 Å². The number of aryl methyl sites for hydroxylation is 1. The highest BCUT2D eigenvalue weighted by atomic mass is 16.2. The third-order valence-corrected chi connectivity index (χ3v) is 2.10. The van der Waals surface area contributed by atoms with Crippen LogP contribution >= 0.6 is 0 Å². The molecule has 0 radical (unpaired) electrons. The fraction of sp³-hybridized carbons (Fsp3) is 0.364. The van der Waals surface area contributed by atoms with Gasteiger partial charge in [0.05, 0.1) is 0 Å². The molecule has 0 amide bonds. The smallest absolute Gasteiger partial charge is 0.299 e. The number of rotatable bonds is 4. The second kappa shape index (κ2) is 5.57. The summed E-state index contributed by atoms with van der Waals surface area (Å²) in [5.41, 5.74) is -1.20. The van der Waals surface area contributed by atoms with Crippen molar-refractivity contribution in [3.8, 4) is 18.4 Å². The average molecular weight is 217 g/mol. The molecule has 5 nitrogen and oxygen atoms in total. The van der Waals surface area contributed by atoms with Crippen molar-refractivity contribution in [2.45, 2.75) is 25.8 Å². The van der Waals surface area contributed by atoms with E-state index in [1.54, 1.807) is 6.07 Å². The van der Waals surface area contributed by atoms with Gasteiger partial charge in [0.2, 0.25) is 0 Å². The molecule has 1 aromatic heterocycles. The van der Waals surface area contributed by atoms with Gasteiger partial charge in [-0.05, 0) is 12.8 Å². The van der Waals surface area contributed by atoms with E-state index >= 15 is 0 Å². The first kappa shape index (κ1) is 11.8. The van der Waals surface area contributed by atoms with E-state index in [2.05, 4.69) is 10.9 Å². The molecule has 1 aromatic rings. The number of H-pyrrole nitrogens is 1. The van der Waals surface area contributed by atoms with Crippen molar-refractivity contribution in [1.29, 1.82) is 5.26 Å². The summed E-state index contributed by atoms with van der Waals surface area (Å²) in [6.45, 7) is 0.450. The lowest BCUT2D eigenvalue weighted by atomic mass is 10.2. The van der Waals surface area contributed by atoms with Gasteiger partial charge in [-0.1, -0.05) is 0 Å². The molecule has 0 aliphatic heterocycles. The summed E-state index contributed by atoms with van der Waals surface area (Å²) >= 11 is 0. The van der Waals surface area contributed by atoms with E-state index in [1.165, 1.54) is 10.8 Å². The zero-order valence-corrected chi connectivity index (χ0v) is 8.69. The molecule has 1 rings (SSSR count). The maximum absolute atomic E-state index is 11.3. The fourth-order valence-corrected chi connectivity index (χ4v) is 1.26. The molecular weight excluding hydrogens is 206 g/mol. The first-order valence-corrected chi connectivity index (χ1v) is 4.86. The quantitative estimate of drug-likeness (QED) is 0.578. The van der Waals surface area contributed by atoms with Crippen molar-refractivity contribution in [3.05, 3.63) is 32.6 Å². The topological polar surface area (TPSA) is 78.7 Å². The molecule has 0 saturated heterocycles. The van der Waals surface area contributed by atoms with E-state index in [-0.39, 0.29) is 5.56 Å². The van der Waals surface area contributed by atoms with Gasteiger partial charge in [0.15, 0.2) is 0 Å². The molecule has 0 saturated carbocycles. The molecule has 0 bridgehead atoms. The summed E-state index contributed by atoms with van der Waals surface area (Å²) in [6, 6.07) is 1.73. The summed E-state index contributed by atoms with van der Waals surface area (Å²) in [5, 5.41) is 8.63. The highest BCUT2D eigenvalue weighted by Gasteiger charge is 2.02. The lowest BCUT2D eigenvalue weighted by Crippen LogP contribution is -2.31. The molecule has 1 N–H and O–H groups in total. The Hall–Kier alpha value is -2.27. The average Bonchev–Trinajstić information content (AvgIpc) is 2.27. The number of hydrogen-bond acceptors (Lipinski definition) is 3. The zero-order chi connectivity index (χ0) is 12.0. The van der Waals surface area contributed by atoms with Crippen molar-refractivity contribution >= 4 is 0 Å². The summed E-state index contributed by atoms with van der Waals surface area (Å²) < 4.78 is 1.32. The molecule has 0 aliphatic carbocycles. The number of nitrogens with zero attached hydrogens (tertiary/aromatic N) is 2. The van der Waals surface area contributed by atoms with Gasteiger partial charge < -0.3 is 0 Å². The van der Waals surface area contributed by atoms with Crippen LogP contribution in [0.25, 0.3) is 0 Å². The minimum Gasteiger partial charge on any atom is -0.299 e. The van der Waals surface area contributed by atoms with Crippen LogP contribution in [0.15, 0.2) is 15.8 Å². The Kier molecular flexibility index (Phi) is 4.11. The van der Waals surface area contributed by atoms with E-state index in [0.29, 0.717) is 13.0 Å². The zero-order valence-electron chi connectivity index (χ0n) is 8.69. The van der Waals surface area contributed by atoms with Crippen molar-refractivity contribution in [2.24, 2.45) is 0 Å². The van der Waals surface area contributed by atoms with Crippen LogP contribution in [0.3, 0.4) is 0 Å². The van der Waals surface area contributed by atoms with E-state index in [0.717, 1.165) is 12.8 Å². The molecule has 0 unspecified atom stereocenters. The van der Waals surface area contributed by atoms with Gasteiger partial charge in [-0.25, -0.2) is 4.79 Å². The van der Waals surface area contributed by atoms with Gasteiger partial charge in [-0.2, -0.15) is 5.26 Å². The Bertz CT molecular complexity index is 554. The molecule has 0 aromatic carbocycles. The van der Waals surface area contributed by atoms with Crippen LogP contribution in [-0.4, -0.2) is 9.55 Å². The SMILES string of the molecule is C#CCCCCn1cc(C#N)c(=O)[nH]c1=O. The highest BCUT2D eigenvalue weighted by Crippen LogP contribution is 1.96. The molecule has 0 fully saturated rings. The standard InChI is InChI=1S/C11H11N3O2/c1-2-3-4-5-6-14-8-9(7-12)10(15)13-11(14)16/h1,8H,3-6H2,(H,13,15,16). The number of nitriles is 1. The molecule has 0 spiro atoms. The Morgan fingerprint density at radius 2 is 2.19 bits per heavy atom. The number of nitrogens with one attached hydrogen (secondary N) is 1. The highest BCUT2D eigenvalue weighted by molar-refractivity contribution is 5.21. The third kappa shape index (κ3) is 2.86. The van der Waals surface area contributed by atoms with Crippen molar-refractivity contribution in [1.82, 2.24) is 9.55 Å². The Balaban J connectivity index is 2.82. The first-order valence-electron chi connectivity index (χ1n) is 4.86. The molecule has 5 heteroatoms. The lowest BCUT2D eigenvalue weighted by Gasteiger charge is -2.03. The molecule has 1 heterocycles. The van der Waals surface area contributed by atoms with Gasteiger partial charge in [0.25, 0.3) is 5.56 Å². The molecule has 82 valence electrons. The van der Waals surface area contributed by atoms with E-state index in [1.807, 2.05) is 0 Å². The maximum atomic E-state index is 11.3. The summed E-state index contributed by atoms with van der Waals surface area (Å²) in [5.74, 6) is 2.50. The molecular formula is C11H11N3O2. The first-order chi connectivity index (χ1) is 7.69. The predicted octanol–water partition coefficient (Wildman–Crippen LogP) is 0.212. The monoisotopic (exact) mass is 217 g/mol. The van der Waals surface area contributed by atoms with Gasteiger partial charge in [0.1, 0.15) is 11.6 Å². The van der Waals surface area contributed by atoms with Crippen LogP contribution in [0.2, 0.25) is 0 Å². The van der Waals surface area contributed by atoms with Crippen molar-refractivity contribution in [2.75, 3.05) is 0 Å². The van der Waals surface area contributed by atoms with E-state index < -0.39 is 11.2 Å². The fourth-order valence-electron chi connectivity index (χ4n) is 1.26. The second-order valence-corrected chi connectivity index (χ2v) is 3.27. The summed E-state index contributed by atoms with van der Waals surface area (Å²) in [6.07, 6.45) is 8.57. The minimum atomic E-state index is -0.646. The predicted molar refractivity (Wildman–Crippen MR) is 58.7 cm³/mol. The number of aromatic nitrogens is 2. The van der Waals surface area contributed by atoms with Crippen molar-refractivity contribution < 1.29 is 0 Å². The van der Waals surface area contributed by atoms with Crippen LogP contribution < -0.4 is 11.2 Å². The van der Waals surface area contributed by atoms with Gasteiger partial charge in [-0.3, -0.25) is 14.3 Å². The molecule has 16 heavy (non-hydrogen) atoms. The molecule has 0 aliphatic rings. The number of terminal acetylenes is 1. The lowest BCUT2D eigenvalue weighted by molar-refractivity contribution is 0.585. The maximum Gasteiger partial charge on any atom is 0.328 e. The summed E-state index contributed by atoms with van der Waals surface area (Å²) in [7, 11) is 0. The summed E-state index contributed by atoms with van der Waals surface area (Å²) in [4.78, 5) is 24.5. The van der Waals surface area contributed by atoms with Gasteiger partial charge in [0, 0.05) is 19.2 Å². The Labute approximate surface area is 92.4 Å². The van der Waals surface area contributed by atoms with Gasteiger partial charge >= 0.3 is 5.69 Å². The van der Waals surface area contributed by atoms with Crippen LogP contribution in [-0.2, 0) is 6.54 Å². The Morgan fingerprint density at radius 3 is 2.81 bits per heavy atom. The second-order valence-electron chi connectivity index (χ2n) is 3.27. The Morgan fingerprint density at radius 1 is 1.44 bits per heavy atom. The number of aromatic amines is 1. The largest absolute Gasteiger partial charge is 0.328 e. The van der Waals surface area contributed by atoms with Crippen LogP contribution in [0.1, 0.15) is 24.8 Å². The van der Waals surface area contributed by atoms with Crippen LogP contribution in [0.4, 0.5) is 0 Å². The number of hydrogen-bond donors (Lipinski definition) is 1. The van der Waals surface area contributed by atoms with Crippen LogP contribution in [0, 0.1) is 23.7 Å².